The standard InChI is InChI=1S/C18H18ClN3O5/c1-11(27-18(24)12-5-4-6-13(9-12)21(2)3)17(23)20-16-10-14(22(25)26)7-8-15(16)19/h4-11H,1-3H3,(H,20,23)/t11-/m0/s1. The van der Waals surface area contributed by atoms with Crippen molar-refractivity contribution in [2.45, 2.75) is 13.0 Å². The van der Waals surface area contributed by atoms with Crippen LogP contribution in [0.3, 0.4) is 0 Å². The minimum atomic E-state index is -1.13. The van der Waals surface area contributed by atoms with Crippen LogP contribution in [0, 0.1) is 10.1 Å². The number of nitro benzene ring substituents is 1. The molecule has 27 heavy (non-hydrogen) atoms. The van der Waals surface area contributed by atoms with Crippen LogP contribution in [0.2, 0.25) is 5.02 Å². The molecule has 2 rings (SSSR count). The van der Waals surface area contributed by atoms with E-state index in [9.17, 15) is 19.7 Å². The van der Waals surface area contributed by atoms with Crippen LogP contribution >= 0.6 is 11.6 Å². The number of carbonyl (C=O) groups excluding carboxylic acids is 2. The highest BCUT2D eigenvalue weighted by Crippen LogP contribution is 2.27. The van der Waals surface area contributed by atoms with E-state index in [0.29, 0.717) is 5.56 Å². The van der Waals surface area contributed by atoms with Crippen molar-refractivity contribution in [1.29, 1.82) is 0 Å². The molecular formula is C18H18ClN3O5. The van der Waals surface area contributed by atoms with Crippen molar-refractivity contribution in [2.75, 3.05) is 24.3 Å². The molecule has 0 bridgehead atoms. The maximum absolute atomic E-state index is 12.3. The maximum atomic E-state index is 12.3. The average Bonchev–Trinajstić information content (AvgIpc) is 2.63. The van der Waals surface area contributed by atoms with Crippen molar-refractivity contribution in [2.24, 2.45) is 0 Å². The van der Waals surface area contributed by atoms with E-state index in [1.807, 2.05) is 25.1 Å². The van der Waals surface area contributed by atoms with Crippen LogP contribution in [-0.4, -0.2) is 37.0 Å². The summed E-state index contributed by atoms with van der Waals surface area (Å²) in [4.78, 5) is 36.6. The predicted octanol–water partition coefficient (Wildman–Crippen LogP) is 3.50. The molecule has 0 aliphatic heterocycles. The maximum Gasteiger partial charge on any atom is 0.338 e. The monoisotopic (exact) mass is 391 g/mol. The Morgan fingerprint density at radius 3 is 2.56 bits per heavy atom. The first kappa shape index (κ1) is 20.2. The summed E-state index contributed by atoms with van der Waals surface area (Å²) in [6.45, 7) is 1.40. The van der Waals surface area contributed by atoms with Crippen LogP contribution in [0.1, 0.15) is 17.3 Å². The highest BCUT2D eigenvalue weighted by molar-refractivity contribution is 6.33. The van der Waals surface area contributed by atoms with Crippen LogP contribution in [0.4, 0.5) is 17.1 Å². The van der Waals surface area contributed by atoms with Gasteiger partial charge in [0, 0.05) is 31.9 Å². The molecule has 0 aliphatic carbocycles. The summed E-state index contributed by atoms with van der Waals surface area (Å²) in [6.07, 6.45) is -1.13. The fraction of sp³-hybridized carbons (Fsp3) is 0.222. The lowest BCUT2D eigenvalue weighted by molar-refractivity contribution is -0.384. The van der Waals surface area contributed by atoms with E-state index in [1.54, 1.807) is 18.2 Å². The van der Waals surface area contributed by atoms with E-state index in [-0.39, 0.29) is 16.4 Å². The lowest BCUT2D eigenvalue weighted by Gasteiger charge is -2.16. The Hall–Kier alpha value is -3.13. The first-order valence-corrected chi connectivity index (χ1v) is 8.30. The second-order valence-corrected chi connectivity index (χ2v) is 6.31. The quantitative estimate of drug-likeness (QED) is 0.459. The molecule has 0 saturated heterocycles. The zero-order chi connectivity index (χ0) is 20.1. The third kappa shape index (κ3) is 5.18. The van der Waals surface area contributed by atoms with Gasteiger partial charge >= 0.3 is 5.97 Å². The van der Waals surface area contributed by atoms with Gasteiger partial charge in [0.2, 0.25) is 0 Å². The molecule has 1 atom stereocenters. The van der Waals surface area contributed by atoms with Crippen LogP contribution in [-0.2, 0) is 9.53 Å². The molecule has 0 unspecified atom stereocenters. The molecule has 2 aromatic carbocycles. The molecule has 1 amide bonds. The Morgan fingerprint density at radius 1 is 1.22 bits per heavy atom. The van der Waals surface area contributed by atoms with Crippen LogP contribution in [0.5, 0.6) is 0 Å². The number of rotatable bonds is 6. The number of nitrogens with zero attached hydrogens (tertiary/aromatic N) is 2. The zero-order valence-corrected chi connectivity index (χ0v) is 15.7. The molecule has 0 radical (unpaired) electrons. The van der Waals surface area contributed by atoms with Crippen LogP contribution in [0.25, 0.3) is 0 Å². The van der Waals surface area contributed by atoms with E-state index in [1.165, 1.54) is 19.1 Å². The number of hydrogen-bond donors (Lipinski definition) is 1. The predicted molar refractivity (Wildman–Crippen MR) is 102 cm³/mol. The SMILES string of the molecule is C[C@H](OC(=O)c1cccc(N(C)C)c1)C(=O)Nc1cc([N+](=O)[O-])ccc1Cl. The molecule has 0 saturated carbocycles. The number of carbonyl (C=O) groups is 2. The Bertz CT molecular complexity index is 885. The normalized spacial score (nSPS) is 11.4. The summed E-state index contributed by atoms with van der Waals surface area (Å²) < 4.78 is 5.18. The van der Waals surface area contributed by atoms with Crippen molar-refractivity contribution in [1.82, 2.24) is 0 Å². The van der Waals surface area contributed by atoms with Gasteiger partial charge in [0.15, 0.2) is 6.10 Å². The molecule has 0 heterocycles. The summed E-state index contributed by atoms with van der Waals surface area (Å²) in [5.41, 5.74) is 0.951. The first-order valence-electron chi connectivity index (χ1n) is 7.92. The number of amides is 1. The van der Waals surface area contributed by atoms with Crippen molar-refractivity contribution in [3.8, 4) is 0 Å². The number of nitrogens with one attached hydrogen (secondary N) is 1. The van der Waals surface area contributed by atoms with Gasteiger partial charge in [0.1, 0.15) is 0 Å². The van der Waals surface area contributed by atoms with Gasteiger partial charge < -0.3 is 15.0 Å². The van der Waals surface area contributed by atoms with E-state index in [0.717, 1.165) is 11.8 Å². The summed E-state index contributed by atoms with van der Waals surface area (Å²) in [5, 5.41) is 13.4. The van der Waals surface area contributed by atoms with E-state index in [4.69, 9.17) is 16.3 Å². The number of nitro groups is 1. The van der Waals surface area contributed by atoms with Gasteiger partial charge in [0.25, 0.3) is 11.6 Å². The molecule has 0 spiro atoms. The van der Waals surface area contributed by atoms with Crippen molar-refractivity contribution in [3.05, 3.63) is 63.2 Å². The van der Waals surface area contributed by atoms with Crippen molar-refractivity contribution >= 4 is 40.5 Å². The number of anilines is 2. The lowest BCUT2D eigenvalue weighted by atomic mass is 10.2. The van der Waals surface area contributed by atoms with Crippen LogP contribution < -0.4 is 10.2 Å². The topological polar surface area (TPSA) is 102 Å². The minimum Gasteiger partial charge on any atom is -0.449 e. The Morgan fingerprint density at radius 2 is 1.93 bits per heavy atom. The second-order valence-electron chi connectivity index (χ2n) is 5.90. The smallest absolute Gasteiger partial charge is 0.338 e. The number of hydrogen-bond acceptors (Lipinski definition) is 6. The molecule has 8 nitrogen and oxygen atoms in total. The number of non-ortho nitro benzene ring substituents is 1. The van der Waals surface area contributed by atoms with E-state index in [2.05, 4.69) is 5.32 Å². The Labute approximate surface area is 160 Å². The van der Waals surface area contributed by atoms with Gasteiger partial charge in [-0.3, -0.25) is 14.9 Å². The number of halogens is 1. The third-order valence-corrected chi connectivity index (χ3v) is 4.00. The highest BCUT2D eigenvalue weighted by atomic mass is 35.5. The fourth-order valence-corrected chi connectivity index (χ4v) is 2.31. The lowest BCUT2D eigenvalue weighted by Crippen LogP contribution is -2.30. The Kier molecular flexibility index (Phi) is 6.36. The molecular weight excluding hydrogens is 374 g/mol. The third-order valence-electron chi connectivity index (χ3n) is 3.67. The zero-order valence-electron chi connectivity index (χ0n) is 14.9. The van der Waals surface area contributed by atoms with Crippen molar-refractivity contribution in [3.63, 3.8) is 0 Å². The molecule has 2 aromatic rings. The highest BCUT2D eigenvalue weighted by Gasteiger charge is 2.21. The van der Waals surface area contributed by atoms with Gasteiger partial charge in [0.05, 0.1) is 21.2 Å². The van der Waals surface area contributed by atoms with Gasteiger partial charge in [-0.2, -0.15) is 0 Å². The first-order chi connectivity index (χ1) is 12.7. The second kappa shape index (κ2) is 8.50. The number of esters is 1. The molecule has 142 valence electrons. The van der Waals surface area contributed by atoms with Gasteiger partial charge in [-0.05, 0) is 31.2 Å². The van der Waals surface area contributed by atoms with Crippen LogP contribution in [0.15, 0.2) is 42.5 Å². The average molecular weight is 392 g/mol. The molecule has 1 N–H and O–H groups in total. The van der Waals surface area contributed by atoms with E-state index < -0.39 is 22.9 Å². The molecule has 0 aromatic heterocycles. The summed E-state index contributed by atoms with van der Waals surface area (Å²) in [5.74, 6) is -1.32. The van der Waals surface area contributed by atoms with Crippen molar-refractivity contribution < 1.29 is 19.2 Å². The molecule has 0 aliphatic rings. The molecule has 0 fully saturated rings. The largest absolute Gasteiger partial charge is 0.449 e. The minimum absolute atomic E-state index is 0.0633. The van der Waals surface area contributed by atoms with Gasteiger partial charge in [-0.1, -0.05) is 17.7 Å². The Balaban J connectivity index is 2.07. The summed E-state index contributed by atoms with van der Waals surface area (Å²) in [7, 11) is 3.67. The van der Waals surface area contributed by atoms with Gasteiger partial charge in [-0.25, -0.2) is 4.79 Å². The summed E-state index contributed by atoms with van der Waals surface area (Å²) in [6, 6.07) is 10.4. The number of benzene rings is 2. The number of ether oxygens (including phenoxy) is 1. The summed E-state index contributed by atoms with van der Waals surface area (Å²) >= 11 is 5.95. The molecule has 9 heteroatoms. The van der Waals surface area contributed by atoms with E-state index >= 15 is 0 Å². The van der Waals surface area contributed by atoms with Gasteiger partial charge in [-0.15, -0.1) is 0 Å². The fourth-order valence-electron chi connectivity index (χ4n) is 2.15.